The molecule has 0 heterocycles. The molecule has 4 heteroatoms. The van der Waals surface area contributed by atoms with Gasteiger partial charge in [0.1, 0.15) is 11.8 Å². The van der Waals surface area contributed by atoms with E-state index in [1.165, 1.54) is 0 Å². The number of hydrogen-bond donors (Lipinski definition) is 0. The fraction of sp³-hybridized carbons (Fsp3) is 0.188. The molecule has 2 rings (SSSR count). The number of hydrogen-bond acceptors (Lipinski definition) is 3. The van der Waals surface area contributed by atoms with Crippen molar-refractivity contribution in [1.29, 1.82) is 5.26 Å². The predicted octanol–water partition coefficient (Wildman–Crippen LogP) is 3.86. The minimum absolute atomic E-state index is 0.469. The summed E-state index contributed by atoms with van der Waals surface area (Å²) in [6, 6.07) is 15.4. The summed E-state index contributed by atoms with van der Waals surface area (Å²) in [7, 11) is 3.58. The Balaban J connectivity index is 2.31. The minimum Gasteiger partial charge on any atom is -0.496 e. The number of nitrogens with zero attached hydrogens (tertiary/aromatic N) is 2. The van der Waals surface area contributed by atoms with Crippen molar-refractivity contribution in [2.24, 2.45) is 0 Å². The van der Waals surface area contributed by atoms with Crippen LogP contribution in [0.5, 0.6) is 5.75 Å². The third-order valence-electron chi connectivity index (χ3n) is 3.11. The normalized spacial score (nSPS) is 9.90. The Morgan fingerprint density at radius 3 is 2.65 bits per heavy atom. The average molecular weight is 287 g/mol. The van der Waals surface area contributed by atoms with Gasteiger partial charge in [-0.15, -0.1) is 0 Å². The molecule has 0 aliphatic rings. The van der Waals surface area contributed by atoms with E-state index >= 15 is 0 Å². The van der Waals surface area contributed by atoms with Crippen LogP contribution < -0.4 is 9.64 Å². The monoisotopic (exact) mass is 286 g/mol. The Morgan fingerprint density at radius 1 is 1.20 bits per heavy atom. The van der Waals surface area contributed by atoms with Crippen LogP contribution in [-0.4, -0.2) is 14.2 Å². The van der Waals surface area contributed by atoms with Gasteiger partial charge in [-0.3, -0.25) is 0 Å². The lowest BCUT2D eigenvalue weighted by molar-refractivity contribution is 0.409. The van der Waals surface area contributed by atoms with Crippen LogP contribution in [0.25, 0.3) is 0 Å². The van der Waals surface area contributed by atoms with Gasteiger partial charge in [0.2, 0.25) is 0 Å². The molecule has 0 radical (unpaired) electrons. The first-order valence-corrected chi connectivity index (χ1v) is 6.56. The van der Waals surface area contributed by atoms with Crippen LogP contribution in [-0.2, 0) is 6.54 Å². The van der Waals surface area contributed by atoms with E-state index in [2.05, 4.69) is 6.07 Å². The summed E-state index contributed by atoms with van der Waals surface area (Å²) in [5.74, 6) is 0.833. The summed E-state index contributed by atoms with van der Waals surface area (Å²) in [5, 5.41) is 9.70. The van der Waals surface area contributed by atoms with Crippen molar-refractivity contribution in [3.05, 3.63) is 58.6 Å². The summed E-state index contributed by atoms with van der Waals surface area (Å²) in [5.41, 5.74) is 2.36. The number of ether oxygens (including phenoxy) is 1. The zero-order valence-electron chi connectivity index (χ0n) is 11.4. The van der Waals surface area contributed by atoms with Crippen molar-refractivity contribution >= 4 is 17.3 Å². The molecule has 3 nitrogen and oxygen atoms in total. The fourth-order valence-corrected chi connectivity index (χ4v) is 2.33. The maximum Gasteiger partial charge on any atom is 0.123 e. The van der Waals surface area contributed by atoms with Crippen LogP contribution in [0.4, 0.5) is 5.69 Å². The Hall–Kier alpha value is -2.18. The van der Waals surface area contributed by atoms with E-state index in [1.54, 1.807) is 13.2 Å². The van der Waals surface area contributed by atoms with Crippen molar-refractivity contribution in [1.82, 2.24) is 0 Å². The number of nitriles is 1. The fourth-order valence-electron chi connectivity index (χ4n) is 2.12. The van der Waals surface area contributed by atoms with Crippen molar-refractivity contribution in [2.75, 3.05) is 19.1 Å². The zero-order valence-corrected chi connectivity index (χ0v) is 12.2. The molecule has 20 heavy (non-hydrogen) atoms. The number of anilines is 1. The van der Waals surface area contributed by atoms with Gasteiger partial charge in [0.05, 0.1) is 23.4 Å². The first kappa shape index (κ1) is 14.2. The van der Waals surface area contributed by atoms with Gasteiger partial charge < -0.3 is 9.64 Å². The van der Waals surface area contributed by atoms with Gasteiger partial charge >= 0.3 is 0 Å². The highest BCUT2D eigenvalue weighted by atomic mass is 35.5. The smallest absolute Gasteiger partial charge is 0.123 e. The molecule has 0 fully saturated rings. The van der Waals surface area contributed by atoms with Crippen LogP contribution in [0.2, 0.25) is 5.02 Å². The second-order valence-corrected chi connectivity index (χ2v) is 4.82. The molecule has 0 aliphatic carbocycles. The molecule has 0 unspecified atom stereocenters. The number of methoxy groups -OCH3 is 1. The van der Waals surface area contributed by atoms with Gasteiger partial charge in [-0.05, 0) is 18.2 Å². The topological polar surface area (TPSA) is 36.3 Å². The first-order valence-electron chi connectivity index (χ1n) is 6.19. The number of benzene rings is 2. The first-order chi connectivity index (χ1) is 9.67. The molecule has 0 N–H and O–H groups in total. The van der Waals surface area contributed by atoms with Crippen LogP contribution in [0.3, 0.4) is 0 Å². The molecule has 0 saturated heterocycles. The van der Waals surface area contributed by atoms with Gasteiger partial charge in [0.25, 0.3) is 0 Å². The SMILES string of the molecule is COc1ccccc1CN(C)c1cccc(Cl)c1C#N. The summed E-state index contributed by atoms with van der Waals surface area (Å²) in [4.78, 5) is 1.99. The summed E-state index contributed by atoms with van der Waals surface area (Å²) >= 11 is 6.06. The van der Waals surface area contributed by atoms with Crippen LogP contribution in [0.15, 0.2) is 42.5 Å². The highest BCUT2D eigenvalue weighted by molar-refractivity contribution is 6.32. The van der Waals surface area contributed by atoms with Crippen molar-refractivity contribution in [3.63, 3.8) is 0 Å². The van der Waals surface area contributed by atoms with Gasteiger partial charge in [0, 0.05) is 19.2 Å². The Bertz CT molecular complexity index is 649. The minimum atomic E-state index is 0.469. The summed E-state index contributed by atoms with van der Waals surface area (Å²) < 4.78 is 5.34. The van der Waals surface area contributed by atoms with E-state index in [4.69, 9.17) is 16.3 Å². The van der Waals surface area contributed by atoms with Gasteiger partial charge in [-0.1, -0.05) is 35.9 Å². The molecule has 2 aromatic rings. The highest BCUT2D eigenvalue weighted by Crippen LogP contribution is 2.28. The lowest BCUT2D eigenvalue weighted by Crippen LogP contribution is -2.18. The maximum atomic E-state index is 9.23. The van der Waals surface area contributed by atoms with Crippen molar-refractivity contribution in [3.8, 4) is 11.8 Å². The molecule has 0 atom stereocenters. The summed E-state index contributed by atoms with van der Waals surface area (Å²) in [6.07, 6.45) is 0. The average Bonchev–Trinajstić information content (AvgIpc) is 2.47. The molecule has 0 bridgehead atoms. The molecule has 0 aliphatic heterocycles. The third-order valence-corrected chi connectivity index (χ3v) is 3.43. The molecule has 0 spiro atoms. The Kier molecular flexibility index (Phi) is 4.49. The number of halogens is 1. The van der Waals surface area contributed by atoms with Gasteiger partial charge in [-0.25, -0.2) is 0 Å². The van der Waals surface area contributed by atoms with E-state index in [-0.39, 0.29) is 0 Å². The predicted molar refractivity (Wildman–Crippen MR) is 81.3 cm³/mol. The van der Waals surface area contributed by atoms with Crippen LogP contribution in [0.1, 0.15) is 11.1 Å². The molecule has 2 aromatic carbocycles. The van der Waals surface area contributed by atoms with E-state index in [0.29, 0.717) is 17.1 Å². The number of para-hydroxylation sites is 1. The molecular weight excluding hydrogens is 272 g/mol. The lowest BCUT2D eigenvalue weighted by Gasteiger charge is -2.22. The van der Waals surface area contributed by atoms with Gasteiger partial charge in [-0.2, -0.15) is 5.26 Å². The van der Waals surface area contributed by atoms with Crippen molar-refractivity contribution in [2.45, 2.75) is 6.54 Å². The van der Waals surface area contributed by atoms with Crippen LogP contribution >= 0.6 is 11.6 Å². The quantitative estimate of drug-likeness (QED) is 0.856. The standard InChI is InChI=1S/C16H15ClN2O/c1-19(11-12-6-3-4-9-16(12)20-2)15-8-5-7-14(17)13(15)10-18/h3-9H,11H2,1-2H3. The van der Waals surface area contributed by atoms with E-state index in [1.807, 2.05) is 48.3 Å². The van der Waals surface area contributed by atoms with Gasteiger partial charge in [0.15, 0.2) is 0 Å². The third kappa shape index (κ3) is 2.87. The van der Waals surface area contributed by atoms with E-state index < -0.39 is 0 Å². The van der Waals surface area contributed by atoms with E-state index in [9.17, 15) is 5.26 Å². The van der Waals surface area contributed by atoms with Crippen molar-refractivity contribution < 1.29 is 4.74 Å². The molecule has 0 amide bonds. The Labute approximate surface area is 124 Å². The summed E-state index contributed by atoms with van der Waals surface area (Å²) in [6.45, 7) is 0.638. The number of rotatable bonds is 4. The molecule has 102 valence electrons. The molecule has 0 aromatic heterocycles. The van der Waals surface area contributed by atoms with E-state index in [0.717, 1.165) is 17.0 Å². The second-order valence-electron chi connectivity index (χ2n) is 4.41. The zero-order chi connectivity index (χ0) is 14.5. The maximum absolute atomic E-state index is 9.23. The molecule has 0 saturated carbocycles. The second kappa shape index (κ2) is 6.31. The largest absolute Gasteiger partial charge is 0.496 e. The highest BCUT2D eigenvalue weighted by Gasteiger charge is 2.12. The van der Waals surface area contributed by atoms with Crippen LogP contribution in [0, 0.1) is 11.3 Å². The molecular formula is C16H15ClN2O. The lowest BCUT2D eigenvalue weighted by atomic mass is 10.1. The Morgan fingerprint density at radius 2 is 1.95 bits per heavy atom.